The number of nitrogens with two attached hydrogens (primary N) is 1. The molecule has 0 unspecified atom stereocenters. The Morgan fingerprint density at radius 2 is 1.90 bits per heavy atom. The molecule has 4 N–H and O–H groups in total. The number of nitrogen functional groups attached to an aromatic ring is 1. The van der Waals surface area contributed by atoms with E-state index >= 15 is 0 Å². The molecule has 31 heavy (non-hydrogen) atoms. The van der Waals surface area contributed by atoms with Crippen molar-refractivity contribution in [2.45, 2.75) is 24.5 Å². The predicted molar refractivity (Wildman–Crippen MR) is 113 cm³/mol. The quantitative estimate of drug-likeness (QED) is 0.458. The summed E-state index contributed by atoms with van der Waals surface area (Å²) in [6.45, 7) is 0.0781. The maximum atomic E-state index is 10.6. The zero-order valence-electron chi connectivity index (χ0n) is 16.3. The Bertz CT molecular complexity index is 1350. The molecular formula is C22H19N5O4. The molecule has 0 radical (unpaired) electrons. The highest BCUT2D eigenvalue weighted by atomic mass is 16.6. The molecule has 3 heterocycles. The smallest absolute Gasteiger partial charge is 0.167 e. The monoisotopic (exact) mass is 417 g/mol. The van der Waals surface area contributed by atoms with Crippen molar-refractivity contribution in [1.82, 2.24) is 19.5 Å². The van der Waals surface area contributed by atoms with Gasteiger partial charge in [0.15, 0.2) is 17.7 Å². The Morgan fingerprint density at radius 3 is 2.77 bits per heavy atom. The molecule has 9 heteroatoms. The van der Waals surface area contributed by atoms with Crippen LogP contribution in [-0.4, -0.2) is 54.7 Å². The minimum absolute atomic E-state index is 0.0781. The third kappa shape index (κ3) is 2.71. The van der Waals surface area contributed by atoms with Crippen LogP contribution in [0.15, 0.2) is 49.1 Å². The van der Waals surface area contributed by atoms with Crippen LogP contribution in [0, 0.1) is 0 Å². The van der Waals surface area contributed by atoms with Gasteiger partial charge in [-0.2, -0.15) is 0 Å². The number of ether oxygens (including phenoxy) is 2. The van der Waals surface area contributed by atoms with Gasteiger partial charge in [0.2, 0.25) is 0 Å². The lowest BCUT2D eigenvalue weighted by Crippen LogP contribution is -2.33. The highest BCUT2D eigenvalue weighted by Gasteiger charge is 2.45. The number of anilines is 1. The molecule has 1 aliphatic heterocycles. The van der Waals surface area contributed by atoms with Gasteiger partial charge >= 0.3 is 0 Å². The SMILES string of the molecule is Nc1ncnc2c1ncn2[C@@H]1O[C@H](COC2=Cc3cccc4cccc2c34)[C@@H](O)[C@H]1O. The molecule has 0 saturated carbocycles. The first-order chi connectivity index (χ1) is 15.1. The number of nitrogens with zero attached hydrogens (tertiary/aromatic N) is 4. The highest BCUT2D eigenvalue weighted by molar-refractivity contribution is 6.07. The Balaban J connectivity index is 1.23. The van der Waals surface area contributed by atoms with Crippen LogP contribution in [0.5, 0.6) is 0 Å². The fourth-order valence-corrected chi connectivity index (χ4v) is 4.36. The lowest BCUT2D eigenvalue weighted by atomic mass is 10.0. The van der Waals surface area contributed by atoms with E-state index in [-0.39, 0.29) is 12.4 Å². The first kappa shape index (κ1) is 18.3. The molecule has 6 rings (SSSR count). The number of hydrogen-bond acceptors (Lipinski definition) is 8. The van der Waals surface area contributed by atoms with Crippen molar-refractivity contribution in [3.63, 3.8) is 0 Å². The molecule has 2 aromatic carbocycles. The highest BCUT2D eigenvalue weighted by Crippen LogP contribution is 2.38. The van der Waals surface area contributed by atoms with Crippen molar-refractivity contribution in [3.8, 4) is 0 Å². The van der Waals surface area contributed by atoms with Gasteiger partial charge in [0.1, 0.15) is 42.5 Å². The van der Waals surface area contributed by atoms with E-state index in [0.29, 0.717) is 16.9 Å². The molecule has 0 amide bonds. The number of aliphatic hydroxyl groups is 2. The van der Waals surface area contributed by atoms with Crippen LogP contribution in [-0.2, 0) is 9.47 Å². The number of hydrogen-bond donors (Lipinski definition) is 3. The largest absolute Gasteiger partial charge is 0.490 e. The van der Waals surface area contributed by atoms with E-state index in [1.165, 1.54) is 12.7 Å². The molecule has 0 bridgehead atoms. The molecule has 2 aliphatic rings. The van der Waals surface area contributed by atoms with Crippen molar-refractivity contribution in [2.24, 2.45) is 0 Å². The molecule has 4 atom stereocenters. The first-order valence-electron chi connectivity index (χ1n) is 9.93. The van der Waals surface area contributed by atoms with E-state index < -0.39 is 24.5 Å². The fraction of sp³-hybridized carbons (Fsp3) is 0.227. The summed E-state index contributed by atoms with van der Waals surface area (Å²) in [4.78, 5) is 12.3. The summed E-state index contributed by atoms with van der Waals surface area (Å²) in [6.07, 6.45) is 0.842. The van der Waals surface area contributed by atoms with Crippen molar-refractivity contribution >= 4 is 39.6 Å². The molecule has 1 saturated heterocycles. The van der Waals surface area contributed by atoms with Gasteiger partial charge in [0.25, 0.3) is 0 Å². The van der Waals surface area contributed by atoms with Gasteiger partial charge in [0, 0.05) is 5.56 Å². The van der Waals surface area contributed by atoms with Gasteiger partial charge in [0.05, 0.1) is 6.33 Å². The van der Waals surface area contributed by atoms with E-state index in [0.717, 1.165) is 21.9 Å². The number of aliphatic hydroxyl groups excluding tert-OH is 2. The molecule has 1 fully saturated rings. The van der Waals surface area contributed by atoms with Crippen molar-refractivity contribution in [1.29, 1.82) is 0 Å². The van der Waals surface area contributed by atoms with E-state index in [2.05, 4.69) is 27.1 Å². The van der Waals surface area contributed by atoms with E-state index in [1.54, 1.807) is 4.57 Å². The van der Waals surface area contributed by atoms with Crippen molar-refractivity contribution < 1.29 is 19.7 Å². The average molecular weight is 417 g/mol. The van der Waals surface area contributed by atoms with Gasteiger partial charge in [-0.05, 0) is 22.4 Å². The average Bonchev–Trinajstić information content (AvgIpc) is 3.44. The number of imidazole rings is 1. The van der Waals surface area contributed by atoms with Crippen molar-refractivity contribution in [2.75, 3.05) is 12.3 Å². The van der Waals surface area contributed by atoms with Crippen LogP contribution in [0.3, 0.4) is 0 Å². The fourth-order valence-electron chi connectivity index (χ4n) is 4.36. The normalized spacial score (nSPS) is 24.8. The molecule has 2 aromatic heterocycles. The lowest BCUT2D eigenvalue weighted by molar-refractivity contribution is -0.0507. The van der Waals surface area contributed by atoms with Crippen LogP contribution >= 0.6 is 0 Å². The Kier molecular flexibility index (Phi) is 3.97. The summed E-state index contributed by atoms with van der Waals surface area (Å²) in [7, 11) is 0. The molecule has 9 nitrogen and oxygen atoms in total. The second-order valence-corrected chi connectivity index (χ2v) is 7.70. The first-order valence-corrected chi connectivity index (χ1v) is 9.93. The van der Waals surface area contributed by atoms with Crippen LogP contribution in [0.2, 0.25) is 0 Å². The number of benzene rings is 2. The third-order valence-electron chi connectivity index (χ3n) is 5.89. The second kappa shape index (κ2) is 6.74. The van der Waals surface area contributed by atoms with Gasteiger partial charge < -0.3 is 25.4 Å². The van der Waals surface area contributed by atoms with E-state index in [4.69, 9.17) is 15.2 Å². The van der Waals surface area contributed by atoms with Gasteiger partial charge in [-0.3, -0.25) is 4.57 Å². The number of aromatic nitrogens is 4. The summed E-state index contributed by atoms with van der Waals surface area (Å²) in [5.41, 5.74) is 8.77. The van der Waals surface area contributed by atoms with Crippen LogP contribution in [0.25, 0.3) is 33.8 Å². The minimum Gasteiger partial charge on any atom is -0.490 e. The van der Waals surface area contributed by atoms with Crippen molar-refractivity contribution in [3.05, 3.63) is 60.2 Å². The molecule has 1 aliphatic carbocycles. The summed E-state index contributed by atoms with van der Waals surface area (Å²) in [5.74, 6) is 0.952. The zero-order valence-corrected chi connectivity index (χ0v) is 16.3. The standard InChI is InChI=1S/C22H19N5O4/c23-20-17-21(25-9-24-20)27(10-26-17)22-19(29)18(28)15(31-22)8-30-14-7-12-5-1-3-11-4-2-6-13(14)16(11)12/h1-7,9-10,15,18-19,22,28-29H,8H2,(H2,23,24,25)/t15-,18-,19-,22-/m1/s1. The number of rotatable bonds is 4. The Labute approximate surface area is 176 Å². The summed E-state index contributed by atoms with van der Waals surface area (Å²) in [6, 6.07) is 12.2. The number of fused-ring (bicyclic) bond motifs is 1. The summed E-state index contributed by atoms with van der Waals surface area (Å²) >= 11 is 0. The topological polar surface area (TPSA) is 129 Å². The zero-order chi connectivity index (χ0) is 21.1. The van der Waals surface area contributed by atoms with Gasteiger partial charge in [-0.1, -0.05) is 36.4 Å². The second-order valence-electron chi connectivity index (χ2n) is 7.70. The summed E-state index contributed by atoms with van der Waals surface area (Å²) < 4.78 is 13.6. The molecule has 156 valence electrons. The Morgan fingerprint density at radius 1 is 1.06 bits per heavy atom. The predicted octanol–water partition coefficient (Wildman–Crippen LogP) is 1.71. The maximum absolute atomic E-state index is 10.6. The van der Waals surface area contributed by atoms with E-state index in [9.17, 15) is 10.2 Å². The Hall–Kier alpha value is -3.53. The minimum atomic E-state index is -1.18. The van der Waals surface area contributed by atoms with Gasteiger partial charge in [-0.15, -0.1) is 0 Å². The molecule has 4 aromatic rings. The van der Waals surface area contributed by atoms with E-state index in [1.807, 2.05) is 30.3 Å². The van der Waals surface area contributed by atoms with Crippen LogP contribution in [0.1, 0.15) is 17.4 Å². The van der Waals surface area contributed by atoms with Gasteiger partial charge in [-0.25, -0.2) is 15.0 Å². The third-order valence-corrected chi connectivity index (χ3v) is 5.89. The van der Waals surface area contributed by atoms with Crippen LogP contribution in [0.4, 0.5) is 5.82 Å². The molecule has 0 spiro atoms. The molecular weight excluding hydrogens is 398 g/mol. The van der Waals surface area contributed by atoms with Crippen LogP contribution < -0.4 is 5.73 Å². The lowest BCUT2D eigenvalue weighted by Gasteiger charge is -2.17. The maximum Gasteiger partial charge on any atom is 0.167 e. The summed E-state index contributed by atoms with van der Waals surface area (Å²) in [5, 5.41) is 23.5.